The van der Waals surface area contributed by atoms with Gasteiger partial charge < -0.3 is 0 Å². The average Bonchev–Trinajstić information content (AvgIpc) is 3.02. The van der Waals surface area contributed by atoms with E-state index >= 15 is 0 Å². The van der Waals surface area contributed by atoms with Crippen molar-refractivity contribution in [1.29, 1.82) is 0 Å². The fraction of sp³-hybridized carbons (Fsp3) is 0.0588. The molecule has 1 aromatic heterocycles. The van der Waals surface area contributed by atoms with Crippen LogP contribution in [0, 0.1) is 0 Å². The normalized spacial score (nSPS) is 11.4. The van der Waals surface area contributed by atoms with E-state index in [9.17, 15) is 0 Å². The van der Waals surface area contributed by atoms with Crippen molar-refractivity contribution in [2.45, 2.75) is 5.21 Å². The zero-order chi connectivity index (χ0) is 13.8. The topological polar surface area (TPSA) is 13.1 Å². The molecule has 101 valence electrons. The third-order valence-electron chi connectivity index (χ3n) is 3.28. The fourth-order valence-electron chi connectivity index (χ4n) is 2.28. The fourth-order valence-corrected chi connectivity index (χ4v) is 12.7. The van der Waals surface area contributed by atoms with Gasteiger partial charge >= 0.3 is 133 Å². The number of furan rings is 1. The maximum atomic E-state index is 5.61. The van der Waals surface area contributed by atoms with Crippen LogP contribution in [0.4, 0.5) is 0 Å². The van der Waals surface area contributed by atoms with Crippen LogP contribution in [0.5, 0.6) is 0 Å². The molecule has 0 amide bonds. The van der Waals surface area contributed by atoms with Crippen LogP contribution in [0.3, 0.4) is 0 Å². The van der Waals surface area contributed by atoms with Gasteiger partial charge in [-0.1, -0.05) is 0 Å². The number of hydrogen-bond donors (Lipinski definition) is 0. The van der Waals surface area contributed by atoms with Gasteiger partial charge in [-0.2, -0.15) is 0 Å². The van der Waals surface area contributed by atoms with Gasteiger partial charge in [0.15, 0.2) is 0 Å². The predicted molar refractivity (Wildman–Crippen MR) is 94.3 cm³/mol. The minimum atomic E-state index is -2.24. The monoisotopic (exact) mass is 437 g/mol. The van der Waals surface area contributed by atoms with E-state index in [1.54, 1.807) is 6.26 Å². The number of rotatable bonds is 4. The van der Waals surface area contributed by atoms with Gasteiger partial charge in [-0.15, -0.1) is 0 Å². The standard InChI is InChI=1S/C17H15AsIO/c19-18(14-17-12-7-13-20-17,15-8-3-1-4-9-15)16-10-5-2-6-11-16/h1-13H,14H2. The Bertz CT molecular complexity index is 610. The number of hydrogen-bond acceptors (Lipinski definition) is 1. The molecule has 0 unspecified atom stereocenters. The van der Waals surface area contributed by atoms with Crippen molar-refractivity contribution in [3.63, 3.8) is 0 Å². The summed E-state index contributed by atoms with van der Waals surface area (Å²) >= 11 is 2.72. The minimum absolute atomic E-state index is 1.01. The van der Waals surface area contributed by atoms with Crippen LogP contribution >= 0.6 is 20.1 Å². The molecule has 0 saturated carbocycles. The summed E-state index contributed by atoms with van der Waals surface area (Å²) < 4.78 is 8.54. The summed E-state index contributed by atoms with van der Waals surface area (Å²) in [5, 5.41) is 1.01. The van der Waals surface area contributed by atoms with Gasteiger partial charge in [0.25, 0.3) is 0 Å². The molecule has 0 fully saturated rings. The first-order valence-electron chi connectivity index (χ1n) is 6.50. The van der Waals surface area contributed by atoms with Crippen LogP contribution in [0.25, 0.3) is 0 Å². The molecule has 20 heavy (non-hydrogen) atoms. The zero-order valence-corrected chi connectivity index (χ0v) is 15.0. The van der Waals surface area contributed by atoms with Crippen molar-refractivity contribution in [1.82, 2.24) is 0 Å². The van der Waals surface area contributed by atoms with Crippen molar-refractivity contribution < 1.29 is 4.42 Å². The van der Waals surface area contributed by atoms with Gasteiger partial charge in [-0.05, 0) is 0 Å². The van der Waals surface area contributed by atoms with Gasteiger partial charge in [0.05, 0.1) is 0 Å². The Labute approximate surface area is 133 Å². The molecule has 0 aliphatic heterocycles. The summed E-state index contributed by atoms with van der Waals surface area (Å²) in [6.45, 7) is 0. The van der Waals surface area contributed by atoms with E-state index < -0.39 is 10.2 Å². The van der Waals surface area contributed by atoms with E-state index in [1.807, 2.05) is 6.07 Å². The van der Waals surface area contributed by atoms with Gasteiger partial charge in [0, 0.05) is 0 Å². The Kier molecular flexibility index (Phi) is 4.32. The van der Waals surface area contributed by atoms with Gasteiger partial charge in [-0.3, -0.25) is 0 Å². The Balaban J connectivity index is 2.08. The van der Waals surface area contributed by atoms with E-state index in [4.69, 9.17) is 4.42 Å². The molecule has 3 heteroatoms. The molecule has 3 aromatic rings. The Morgan fingerprint density at radius 2 is 1.30 bits per heavy atom. The SMILES string of the molecule is I[As](Cc1ccco1)(c1ccccc1)c1ccccc1. The summed E-state index contributed by atoms with van der Waals surface area (Å²) in [6.07, 6.45) is 1.77. The van der Waals surface area contributed by atoms with Gasteiger partial charge in [-0.25, -0.2) is 0 Å². The van der Waals surface area contributed by atoms with Crippen molar-refractivity contribution in [3.05, 3.63) is 84.8 Å². The van der Waals surface area contributed by atoms with Crippen LogP contribution in [0.1, 0.15) is 5.76 Å². The second-order valence-corrected chi connectivity index (χ2v) is 19.0. The molecular formula is C17H15AsIO. The van der Waals surface area contributed by atoms with E-state index in [0.717, 1.165) is 11.0 Å². The van der Waals surface area contributed by atoms with Crippen molar-refractivity contribution in [2.24, 2.45) is 0 Å². The number of halogens is 1. The molecule has 0 saturated heterocycles. The quantitative estimate of drug-likeness (QED) is 0.450. The molecule has 2 aromatic carbocycles. The zero-order valence-electron chi connectivity index (χ0n) is 10.9. The van der Waals surface area contributed by atoms with E-state index in [2.05, 4.69) is 86.9 Å². The summed E-state index contributed by atoms with van der Waals surface area (Å²) in [7, 11) is -2.24. The van der Waals surface area contributed by atoms with Crippen LogP contribution in [-0.2, 0) is 5.21 Å². The molecule has 0 N–H and O–H groups in total. The molecular weight excluding hydrogens is 422 g/mol. The van der Waals surface area contributed by atoms with E-state index in [0.29, 0.717) is 0 Å². The summed E-state index contributed by atoms with van der Waals surface area (Å²) in [6, 6.07) is 25.8. The van der Waals surface area contributed by atoms with Crippen LogP contribution in [0.15, 0.2) is 83.5 Å². The first-order valence-corrected chi connectivity index (χ1v) is 15.4. The molecule has 0 spiro atoms. The molecule has 1 heterocycles. The molecule has 0 aliphatic carbocycles. The van der Waals surface area contributed by atoms with E-state index in [1.165, 1.54) is 8.70 Å². The molecule has 1 radical (unpaired) electrons. The first kappa shape index (κ1) is 14.0. The van der Waals surface area contributed by atoms with Gasteiger partial charge in [0.1, 0.15) is 0 Å². The van der Waals surface area contributed by atoms with Crippen LogP contribution < -0.4 is 8.70 Å². The van der Waals surface area contributed by atoms with Crippen molar-refractivity contribution in [3.8, 4) is 0 Å². The molecule has 1 nitrogen and oxygen atoms in total. The van der Waals surface area contributed by atoms with E-state index in [-0.39, 0.29) is 0 Å². The average molecular weight is 437 g/mol. The van der Waals surface area contributed by atoms with Gasteiger partial charge in [0.2, 0.25) is 0 Å². The van der Waals surface area contributed by atoms with Crippen molar-refractivity contribution >= 4 is 39.0 Å². The molecule has 3 rings (SSSR count). The summed E-state index contributed by atoms with van der Waals surface area (Å²) in [4.78, 5) is 0. The molecule has 0 atom stereocenters. The molecule has 0 bridgehead atoms. The van der Waals surface area contributed by atoms with Crippen molar-refractivity contribution in [2.75, 3.05) is 0 Å². The maximum absolute atomic E-state index is 5.61. The Morgan fingerprint density at radius 1 is 0.750 bits per heavy atom. The Hall–Kier alpha value is -0.992. The Morgan fingerprint density at radius 3 is 1.75 bits per heavy atom. The molecule has 0 aliphatic rings. The first-order chi connectivity index (χ1) is 9.79. The second kappa shape index (κ2) is 6.19. The third kappa shape index (κ3) is 2.86. The predicted octanol–water partition coefficient (Wildman–Crippen LogP) is 3.56. The second-order valence-electron chi connectivity index (χ2n) is 4.63. The van der Waals surface area contributed by atoms with Crippen LogP contribution in [-0.4, -0.2) is 10.2 Å². The third-order valence-corrected chi connectivity index (χ3v) is 17.1. The van der Waals surface area contributed by atoms with Crippen LogP contribution in [0.2, 0.25) is 0 Å². The number of benzene rings is 2. The summed E-state index contributed by atoms with van der Waals surface area (Å²) in [5.74, 6) is 1.08. The summed E-state index contributed by atoms with van der Waals surface area (Å²) in [5.41, 5.74) is 0.